The molecule has 1 atom stereocenters. The molecule has 0 radical (unpaired) electrons. The van der Waals surface area contributed by atoms with Gasteiger partial charge in [0.15, 0.2) is 6.10 Å². The van der Waals surface area contributed by atoms with E-state index in [0.717, 1.165) is 16.7 Å². The van der Waals surface area contributed by atoms with Gasteiger partial charge in [0.05, 0.1) is 0 Å². The summed E-state index contributed by atoms with van der Waals surface area (Å²) < 4.78 is 5.20. The maximum atomic E-state index is 8.78. The molecule has 2 aromatic carbocycles. The molecule has 0 aliphatic carbocycles. The highest BCUT2D eigenvalue weighted by molar-refractivity contribution is 5.35. The van der Waals surface area contributed by atoms with Gasteiger partial charge in [-0.25, -0.2) is 0 Å². The molecular formula is C15H13NO. The second-order valence-corrected chi connectivity index (χ2v) is 3.86. The minimum absolute atomic E-state index is 0.317. The summed E-state index contributed by atoms with van der Waals surface area (Å²) in [6, 6.07) is 17.7. The van der Waals surface area contributed by atoms with Gasteiger partial charge in [0.25, 0.3) is 6.26 Å². The topological polar surface area (TPSA) is 33.0 Å². The first-order valence-electron chi connectivity index (χ1n) is 5.48. The number of aryl methyl sites for hydroxylation is 1. The van der Waals surface area contributed by atoms with Gasteiger partial charge in [-0.1, -0.05) is 54.6 Å². The molecule has 2 rings (SSSR count). The SMILES string of the molecule is Cc1ccccc1C(OC#N)c1ccccc1. The summed E-state index contributed by atoms with van der Waals surface area (Å²) in [6.45, 7) is 2.02. The standard InChI is InChI=1S/C15H13NO/c1-12-7-5-6-10-14(12)15(17-11-16)13-8-3-2-4-9-13/h2-10,15H,1H3. The number of hydrogen-bond donors (Lipinski definition) is 0. The molecule has 2 aromatic rings. The van der Waals surface area contributed by atoms with E-state index in [1.807, 2.05) is 61.5 Å². The Morgan fingerprint density at radius 3 is 2.29 bits per heavy atom. The lowest BCUT2D eigenvalue weighted by molar-refractivity contribution is 0.201. The maximum absolute atomic E-state index is 8.78. The third-order valence-corrected chi connectivity index (χ3v) is 2.74. The van der Waals surface area contributed by atoms with Crippen molar-refractivity contribution in [1.82, 2.24) is 0 Å². The van der Waals surface area contributed by atoms with Crippen molar-refractivity contribution in [3.05, 3.63) is 71.3 Å². The van der Waals surface area contributed by atoms with Crippen molar-refractivity contribution >= 4 is 0 Å². The average Bonchev–Trinajstić information content (AvgIpc) is 2.38. The molecule has 0 amide bonds. The third-order valence-electron chi connectivity index (χ3n) is 2.74. The largest absolute Gasteiger partial charge is 0.414 e. The second kappa shape index (κ2) is 5.18. The quantitative estimate of drug-likeness (QED) is 0.745. The zero-order valence-corrected chi connectivity index (χ0v) is 9.63. The van der Waals surface area contributed by atoms with Crippen LogP contribution in [0.15, 0.2) is 54.6 Å². The molecule has 2 nitrogen and oxygen atoms in total. The fourth-order valence-electron chi connectivity index (χ4n) is 1.87. The lowest BCUT2D eigenvalue weighted by Gasteiger charge is -2.16. The molecule has 0 aliphatic heterocycles. The van der Waals surface area contributed by atoms with Gasteiger partial charge >= 0.3 is 0 Å². The molecule has 1 unspecified atom stereocenters. The van der Waals surface area contributed by atoms with Gasteiger partial charge in [-0.3, -0.25) is 0 Å². The molecule has 0 saturated carbocycles. The van der Waals surface area contributed by atoms with Crippen molar-refractivity contribution in [2.45, 2.75) is 13.0 Å². The van der Waals surface area contributed by atoms with Gasteiger partial charge < -0.3 is 4.74 Å². The van der Waals surface area contributed by atoms with E-state index in [1.165, 1.54) is 0 Å². The molecule has 0 aromatic heterocycles. The van der Waals surface area contributed by atoms with Crippen molar-refractivity contribution in [2.75, 3.05) is 0 Å². The summed E-state index contributed by atoms with van der Waals surface area (Å²) >= 11 is 0. The fraction of sp³-hybridized carbons (Fsp3) is 0.133. The van der Waals surface area contributed by atoms with Gasteiger partial charge in [-0.15, -0.1) is 0 Å². The van der Waals surface area contributed by atoms with Crippen molar-refractivity contribution in [3.8, 4) is 6.26 Å². The fourth-order valence-corrected chi connectivity index (χ4v) is 1.87. The molecule has 0 heterocycles. The molecular weight excluding hydrogens is 210 g/mol. The van der Waals surface area contributed by atoms with Gasteiger partial charge in [-0.05, 0) is 18.1 Å². The Morgan fingerprint density at radius 1 is 1.00 bits per heavy atom. The Morgan fingerprint density at radius 2 is 1.65 bits per heavy atom. The average molecular weight is 223 g/mol. The summed E-state index contributed by atoms with van der Waals surface area (Å²) in [6.07, 6.45) is 1.47. The monoisotopic (exact) mass is 223 g/mol. The van der Waals surface area contributed by atoms with E-state index < -0.39 is 0 Å². The van der Waals surface area contributed by atoms with Crippen LogP contribution in [-0.2, 0) is 4.74 Å². The Bertz CT molecular complexity index is 528. The summed E-state index contributed by atoms with van der Waals surface area (Å²) in [5, 5.41) is 8.78. The second-order valence-electron chi connectivity index (χ2n) is 3.86. The van der Waals surface area contributed by atoms with E-state index >= 15 is 0 Å². The van der Waals surface area contributed by atoms with E-state index in [0.29, 0.717) is 0 Å². The number of ether oxygens (including phenoxy) is 1. The van der Waals surface area contributed by atoms with Crippen molar-refractivity contribution in [3.63, 3.8) is 0 Å². The van der Waals surface area contributed by atoms with Gasteiger partial charge in [0, 0.05) is 5.56 Å². The van der Waals surface area contributed by atoms with Crippen LogP contribution >= 0.6 is 0 Å². The zero-order valence-electron chi connectivity index (χ0n) is 9.63. The third kappa shape index (κ3) is 2.46. The number of rotatable bonds is 3. The van der Waals surface area contributed by atoms with E-state index in [4.69, 9.17) is 10.00 Å². The predicted octanol–water partition coefficient (Wildman–Crippen LogP) is 3.58. The minimum Gasteiger partial charge on any atom is -0.414 e. The lowest BCUT2D eigenvalue weighted by Crippen LogP contribution is -2.04. The summed E-state index contributed by atoms with van der Waals surface area (Å²) in [5.74, 6) is 0. The summed E-state index contributed by atoms with van der Waals surface area (Å²) in [7, 11) is 0. The number of hydrogen-bond acceptors (Lipinski definition) is 2. The lowest BCUT2D eigenvalue weighted by atomic mass is 9.97. The van der Waals surface area contributed by atoms with Gasteiger partial charge in [0.1, 0.15) is 0 Å². The molecule has 0 spiro atoms. The van der Waals surface area contributed by atoms with E-state index in [2.05, 4.69) is 0 Å². The van der Waals surface area contributed by atoms with Crippen LogP contribution in [-0.4, -0.2) is 0 Å². The molecule has 2 heteroatoms. The highest BCUT2D eigenvalue weighted by atomic mass is 16.5. The van der Waals surface area contributed by atoms with Gasteiger partial charge in [0.2, 0.25) is 0 Å². The Hall–Kier alpha value is -2.27. The molecule has 17 heavy (non-hydrogen) atoms. The molecule has 0 saturated heterocycles. The molecule has 0 aliphatic rings. The van der Waals surface area contributed by atoms with Crippen LogP contribution in [0.4, 0.5) is 0 Å². The molecule has 0 fully saturated rings. The highest BCUT2D eigenvalue weighted by Crippen LogP contribution is 2.27. The van der Waals surface area contributed by atoms with E-state index in [-0.39, 0.29) is 6.10 Å². The normalized spacial score (nSPS) is 11.5. The first-order chi connectivity index (χ1) is 8.33. The van der Waals surface area contributed by atoms with E-state index in [9.17, 15) is 0 Å². The zero-order chi connectivity index (χ0) is 12.1. The maximum Gasteiger partial charge on any atom is 0.287 e. The Labute approximate surface area is 101 Å². The van der Waals surface area contributed by atoms with Crippen molar-refractivity contribution < 1.29 is 4.74 Å². The van der Waals surface area contributed by atoms with Crippen LogP contribution in [0, 0.1) is 18.4 Å². The van der Waals surface area contributed by atoms with Crippen molar-refractivity contribution in [2.24, 2.45) is 0 Å². The van der Waals surface area contributed by atoms with Crippen LogP contribution in [0.5, 0.6) is 0 Å². The number of benzene rings is 2. The molecule has 0 bridgehead atoms. The molecule has 84 valence electrons. The van der Waals surface area contributed by atoms with Crippen molar-refractivity contribution in [1.29, 1.82) is 5.26 Å². The first kappa shape index (κ1) is 11.2. The Kier molecular flexibility index (Phi) is 3.42. The minimum atomic E-state index is -0.317. The van der Waals surface area contributed by atoms with E-state index in [1.54, 1.807) is 6.26 Å². The van der Waals surface area contributed by atoms with Crippen LogP contribution < -0.4 is 0 Å². The van der Waals surface area contributed by atoms with Crippen LogP contribution in [0.3, 0.4) is 0 Å². The van der Waals surface area contributed by atoms with Crippen LogP contribution in [0.2, 0.25) is 0 Å². The van der Waals surface area contributed by atoms with Crippen LogP contribution in [0.25, 0.3) is 0 Å². The number of nitrogens with zero attached hydrogens (tertiary/aromatic N) is 1. The summed E-state index contributed by atoms with van der Waals surface area (Å²) in [4.78, 5) is 0. The first-order valence-corrected chi connectivity index (χ1v) is 5.48. The highest BCUT2D eigenvalue weighted by Gasteiger charge is 2.16. The smallest absolute Gasteiger partial charge is 0.287 e. The predicted molar refractivity (Wildman–Crippen MR) is 66.2 cm³/mol. The Balaban J connectivity index is 2.44. The van der Waals surface area contributed by atoms with Crippen LogP contribution in [0.1, 0.15) is 22.8 Å². The van der Waals surface area contributed by atoms with Gasteiger partial charge in [-0.2, -0.15) is 5.26 Å². The summed E-state index contributed by atoms with van der Waals surface area (Å²) in [5.41, 5.74) is 3.14. The molecule has 0 N–H and O–H groups in total. The number of nitriles is 1.